The SMILES string of the molecule is COCCN(C(=O)CSc1ncnc2ccccc12)[C@H]1CCS(=O)(=O)C1. The summed E-state index contributed by atoms with van der Waals surface area (Å²) in [5.41, 5.74) is 0.829. The first-order chi connectivity index (χ1) is 12.5. The molecular formula is C17H21N3O4S2. The van der Waals surface area contributed by atoms with Gasteiger partial charge in [-0.2, -0.15) is 0 Å². The number of carbonyl (C=O) groups excluding carboxylic acids is 1. The molecule has 7 nitrogen and oxygen atoms in total. The van der Waals surface area contributed by atoms with Crippen LogP contribution in [0.25, 0.3) is 10.9 Å². The van der Waals surface area contributed by atoms with Crippen LogP contribution in [0.4, 0.5) is 0 Å². The summed E-state index contributed by atoms with van der Waals surface area (Å²) in [5, 5.41) is 1.65. The number of carbonyl (C=O) groups is 1. The Morgan fingerprint density at radius 1 is 1.35 bits per heavy atom. The van der Waals surface area contributed by atoms with Gasteiger partial charge in [-0.15, -0.1) is 0 Å². The molecule has 2 aromatic rings. The highest BCUT2D eigenvalue weighted by molar-refractivity contribution is 8.00. The highest BCUT2D eigenvalue weighted by atomic mass is 32.2. The van der Waals surface area contributed by atoms with Crippen LogP contribution in [0.15, 0.2) is 35.6 Å². The predicted molar refractivity (Wildman–Crippen MR) is 101 cm³/mol. The second-order valence-electron chi connectivity index (χ2n) is 6.12. The van der Waals surface area contributed by atoms with E-state index in [2.05, 4.69) is 9.97 Å². The molecule has 0 N–H and O–H groups in total. The molecule has 1 saturated heterocycles. The Kier molecular flexibility index (Phi) is 6.10. The molecule has 0 saturated carbocycles. The maximum absolute atomic E-state index is 12.8. The van der Waals surface area contributed by atoms with Gasteiger partial charge in [-0.25, -0.2) is 18.4 Å². The molecule has 26 heavy (non-hydrogen) atoms. The molecule has 1 aliphatic heterocycles. The van der Waals surface area contributed by atoms with Gasteiger partial charge in [0.15, 0.2) is 9.84 Å². The van der Waals surface area contributed by atoms with Crippen LogP contribution in [-0.4, -0.2) is 72.8 Å². The molecule has 0 radical (unpaired) electrons. The quantitative estimate of drug-likeness (QED) is 0.517. The van der Waals surface area contributed by atoms with Gasteiger partial charge in [-0.3, -0.25) is 4.79 Å². The number of benzene rings is 1. The van der Waals surface area contributed by atoms with E-state index >= 15 is 0 Å². The number of sulfone groups is 1. The van der Waals surface area contributed by atoms with Gasteiger partial charge >= 0.3 is 0 Å². The van der Waals surface area contributed by atoms with E-state index in [1.54, 1.807) is 12.0 Å². The maximum Gasteiger partial charge on any atom is 0.233 e. The fourth-order valence-electron chi connectivity index (χ4n) is 3.03. The van der Waals surface area contributed by atoms with Gasteiger partial charge in [0.05, 0.1) is 29.4 Å². The molecule has 0 bridgehead atoms. The Morgan fingerprint density at radius 3 is 2.88 bits per heavy atom. The van der Waals surface area contributed by atoms with Crippen molar-refractivity contribution in [2.45, 2.75) is 17.5 Å². The molecule has 0 aliphatic carbocycles. The lowest BCUT2D eigenvalue weighted by Crippen LogP contribution is -2.44. The molecule has 9 heteroatoms. The monoisotopic (exact) mass is 395 g/mol. The number of thioether (sulfide) groups is 1. The Hall–Kier alpha value is -1.71. The molecular weight excluding hydrogens is 374 g/mol. The number of nitrogens with zero attached hydrogens (tertiary/aromatic N) is 3. The molecule has 0 spiro atoms. The molecule has 1 aromatic carbocycles. The van der Waals surface area contributed by atoms with Crippen LogP contribution in [0.3, 0.4) is 0 Å². The van der Waals surface area contributed by atoms with Gasteiger partial charge in [-0.1, -0.05) is 30.0 Å². The summed E-state index contributed by atoms with van der Waals surface area (Å²) in [6, 6.07) is 7.37. The van der Waals surface area contributed by atoms with Crippen LogP contribution in [-0.2, 0) is 19.4 Å². The van der Waals surface area contributed by atoms with Crippen molar-refractivity contribution in [2.75, 3.05) is 37.5 Å². The van der Waals surface area contributed by atoms with Gasteiger partial charge in [-0.05, 0) is 12.5 Å². The normalized spacial score (nSPS) is 18.9. The molecule has 140 valence electrons. The van der Waals surface area contributed by atoms with E-state index in [1.807, 2.05) is 24.3 Å². The van der Waals surface area contributed by atoms with Gasteiger partial charge in [0.25, 0.3) is 0 Å². The summed E-state index contributed by atoms with van der Waals surface area (Å²) in [6.45, 7) is 0.768. The Labute approximate surface area is 157 Å². The summed E-state index contributed by atoms with van der Waals surface area (Å²) < 4.78 is 28.6. The summed E-state index contributed by atoms with van der Waals surface area (Å²) in [7, 11) is -1.49. The highest BCUT2D eigenvalue weighted by Gasteiger charge is 2.34. The predicted octanol–water partition coefficient (Wildman–Crippen LogP) is 1.38. The minimum atomic E-state index is -3.06. The third-order valence-corrected chi connectivity index (χ3v) is 7.08. The summed E-state index contributed by atoms with van der Waals surface area (Å²) in [6.07, 6.45) is 1.97. The van der Waals surface area contributed by atoms with Crippen LogP contribution in [0.1, 0.15) is 6.42 Å². The average molecular weight is 396 g/mol. The van der Waals surface area contributed by atoms with Crippen LogP contribution >= 0.6 is 11.8 Å². The van der Waals surface area contributed by atoms with Crippen LogP contribution in [0, 0.1) is 0 Å². The first-order valence-corrected chi connectivity index (χ1v) is 11.1. The molecule has 3 rings (SSSR count). The van der Waals surface area contributed by atoms with E-state index in [0.717, 1.165) is 15.9 Å². The minimum absolute atomic E-state index is 0.0313. The molecule has 2 heterocycles. The second-order valence-corrected chi connectivity index (χ2v) is 9.31. The maximum atomic E-state index is 12.8. The van der Waals surface area contributed by atoms with E-state index < -0.39 is 9.84 Å². The second kappa shape index (κ2) is 8.32. The first kappa shape index (κ1) is 19.1. The van der Waals surface area contributed by atoms with Crippen LogP contribution < -0.4 is 0 Å². The van der Waals surface area contributed by atoms with Crippen molar-refractivity contribution in [2.24, 2.45) is 0 Å². The molecule has 1 amide bonds. The van der Waals surface area contributed by atoms with E-state index in [1.165, 1.54) is 18.1 Å². The molecule has 0 unspecified atom stereocenters. The van der Waals surface area contributed by atoms with Crippen LogP contribution in [0.5, 0.6) is 0 Å². The molecule has 1 aliphatic rings. The molecule has 1 fully saturated rings. The zero-order valence-corrected chi connectivity index (χ0v) is 16.1. The lowest BCUT2D eigenvalue weighted by Gasteiger charge is -2.28. The third kappa shape index (κ3) is 4.52. The highest BCUT2D eigenvalue weighted by Crippen LogP contribution is 2.25. The first-order valence-electron chi connectivity index (χ1n) is 8.31. The van der Waals surface area contributed by atoms with Crippen molar-refractivity contribution in [3.63, 3.8) is 0 Å². The van der Waals surface area contributed by atoms with E-state index in [0.29, 0.717) is 19.6 Å². The summed E-state index contributed by atoms with van der Waals surface area (Å²) >= 11 is 1.35. The number of hydrogen-bond donors (Lipinski definition) is 0. The van der Waals surface area contributed by atoms with Crippen molar-refractivity contribution in [3.05, 3.63) is 30.6 Å². The Bertz CT molecular complexity index is 883. The number of amides is 1. The van der Waals surface area contributed by atoms with E-state index in [-0.39, 0.29) is 29.2 Å². The van der Waals surface area contributed by atoms with E-state index in [4.69, 9.17) is 4.74 Å². The van der Waals surface area contributed by atoms with Crippen molar-refractivity contribution >= 4 is 38.4 Å². The van der Waals surface area contributed by atoms with E-state index in [9.17, 15) is 13.2 Å². The van der Waals surface area contributed by atoms with Gasteiger partial charge in [0.1, 0.15) is 11.4 Å². The number of hydrogen-bond acceptors (Lipinski definition) is 7. The third-order valence-electron chi connectivity index (χ3n) is 4.34. The summed E-state index contributed by atoms with van der Waals surface area (Å²) in [4.78, 5) is 22.9. The zero-order chi connectivity index (χ0) is 18.6. The topological polar surface area (TPSA) is 89.5 Å². The number of aromatic nitrogens is 2. The van der Waals surface area contributed by atoms with Crippen molar-refractivity contribution in [1.29, 1.82) is 0 Å². The fraction of sp³-hybridized carbons (Fsp3) is 0.471. The smallest absolute Gasteiger partial charge is 0.233 e. The lowest BCUT2D eigenvalue weighted by atomic mass is 10.2. The van der Waals surface area contributed by atoms with Gasteiger partial charge in [0.2, 0.25) is 5.91 Å². The minimum Gasteiger partial charge on any atom is -0.383 e. The van der Waals surface area contributed by atoms with Crippen molar-refractivity contribution < 1.29 is 17.9 Å². The zero-order valence-electron chi connectivity index (χ0n) is 14.5. The number of fused-ring (bicyclic) bond motifs is 1. The van der Waals surface area contributed by atoms with Crippen molar-refractivity contribution in [3.8, 4) is 0 Å². The largest absolute Gasteiger partial charge is 0.383 e. The average Bonchev–Trinajstić information content (AvgIpc) is 2.99. The van der Waals surface area contributed by atoms with Gasteiger partial charge in [0, 0.05) is 25.1 Å². The molecule has 1 aromatic heterocycles. The standard InChI is InChI=1S/C17H21N3O4S2/c1-24-8-7-20(13-6-9-26(22,23)11-13)16(21)10-25-17-14-4-2-3-5-15(14)18-12-19-17/h2-5,12-13H,6-11H2,1H3/t13-/m0/s1. The summed E-state index contributed by atoms with van der Waals surface area (Å²) in [5.74, 6) is 0.264. The Morgan fingerprint density at radius 2 is 2.15 bits per heavy atom. The fourth-order valence-corrected chi connectivity index (χ4v) is 5.64. The number of para-hydroxylation sites is 1. The molecule has 1 atom stereocenters. The van der Waals surface area contributed by atoms with Crippen LogP contribution in [0.2, 0.25) is 0 Å². The number of ether oxygens (including phenoxy) is 1. The number of methoxy groups -OCH3 is 1. The van der Waals surface area contributed by atoms with Crippen molar-refractivity contribution in [1.82, 2.24) is 14.9 Å². The lowest BCUT2D eigenvalue weighted by molar-refractivity contribution is -0.130. The van der Waals surface area contributed by atoms with Gasteiger partial charge < -0.3 is 9.64 Å². The Balaban J connectivity index is 1.71. The number of rotatable bonds is 7.